The van der Waals surface area contributed by atoms with Gasteiger partial charge in [0.2, 0.25) is 0 Å². The number of fused-ring (bicyclic) bond motifs is 1. The third-order valence-corrected chi connectivity index (χ3v) is 4.58. The van der Waals surface area contributed by atoms with E-state index < -0.39 is 14.2 Å². The minimum Gasteiger partial charge on any atom is -0.328 e. The fourth-order valence-electron chi connectivity index (χ4n) is 2.38. The lowest BCUT2D eigenvalue weighted by Crippen LogP contribution is -2.50. The van der Waals surface area contributed by atoms with Gasteiger partial charge in [-0.15, -0.1) is 0 Å². The molecule has 2 rings (SSSR count). The van der Waals surface area contributed by atoms with Gasteiger partial charge in [-0.25, -0.2) is 0 Å². The summed E-state index contributed by atoms with van der Waals surface area (Å²) in [5.74, 6) is 0. The van der Waals surface area contributed by atoms with Crippen LogP contribution in [0.3, 0.4) is 0 Å². The number of rotatable bonds is 0. The van der Waals surface area contributed by atoms with Crippen molar-refractivity contribution in [3.8, 4) is 0 Å². The van der Waals surface area contributed by atoms with Crippen LogP contribution >= 0.6 is 8.60 Å². The summed E-state index contributed by atoms with van der Waals surface area (Å²) in [4.78, 5) is 9.73. The number of hydrogen-bond acceptors (Lipinski definition) is 3. The molecule has 3 nitrogen and oxygen atoms in total. The van der Waals surface area contributed by atoms with E-state index in [4.69, 9.17) is 9.05 Å². The first kappa shape index (κ1) is 14.2. The van der Waals surface area contributed by atoms with Crippen LogP contribution in [-0.2, 0) is 9.05 Å². The van der Waals surface area contributed by atoms with Crippen LogP contribution in [-0.4, -0.2) is 16.6 Å². The van der Waals surface area contributed by atoms with E-state index in [1.807, 2.05) is 6.08 Å². The van der Waals surface area contributed by atoms with Gasteiger partial charge in [0.25, 0.3) is 0 Å². The fraction of sp³-hybridized carbons (Fsp3) is 0.714. The molecule has 0 radical (unpaired) electrons. The van der Waals surface area contributed by atoms with Gasteiger partial charge in [-0.05, 0) is 22.5 Å². The van der Waals surface area contributed by atoms with Gasteiger partial charge in [-0.1, -0.05) is 53.7 Å². The molecule has 3 atom stereocenters. The predicted molar refractivity (Wildman–Crippen MR) is 74.0 cm³/mol. The highest BCUT2D eigenvalue weighted by molar-refractivity contribution is 7.41. The molecule has 18 heavy (non-hydrogen) atoms. The first-order chi connectivity index (χ1) is 8.06. The van der Waals surface area contributed by atoms with E-state index in [1.165, 1.54) is 5.57 Å². The Morgan fingerprint density at radius 3 is 2.33 bits per heavy atom. The maximum atomic E-state index is 9.73. The van der Waals surface area contributed by atoms with Gasteiger partial charge < -0.3 is 9.42 Å². The first-order valence-corrected chi connectivity index (χ1v) is 7.46. The van der Waals surface area contributed by atoms with E-state index in [9.17, 15) is 4.89 Å². The molecule has 0 aromatic heterocycles. The van der Waals surface area contributed by atoms with Crippen LogP contribution in [0, 0.1) is 10.8 Å². The van der Waals surface area contributed by atoms with Crippen molar-refractivity contribution in [2.75, 3.05) is 0 Å². The molecule has 4 heteroatoms. The van der Waals surface area contributed by atoms with Crippen LogP contribution < -0.4 is 0 Å². The summed E-state index contributed by atoms with van der Waals surface area (Å²) < 4.78 is 11.3. The summed E-state index contributed by atoms with van der Waals surface area (Å²) in [6.45, 7) is 12.9. The van der Waals surface area contributed by atoms with Gasteiger partial charge in [0.15, 0.2) is 0 Å². The maximum Gasteiger partial charge on any atom is 0.331 e. The highest BCUT2D eigenvalue weighted by atomic mass is 31.2. The zero-order valence-corrected chi connectivity index (χ0v) is 12.9. The van der Waals surface area contributed by atoms with Crippen LogP contribution in [0.15, 0.2) is 23.8 Å². The fourth-order valence-corrected chi connectivity index (χ4v) is 3.53. The Morgan fingerprint density at radius 1 is 1.22 bits per heavy atom. The molecule has 0 amide bonds. The molecule has 0 aromatic rings. The van der Waals surface area contributed by atoms with Gasteiger partial charge in [-0.3, -0.25) is 4.52 Å². The molecule has 2 aliphatic rings. The Morgan fingerprint density at radius 2 is 1.83 bits per heavy atom. The van der Waals surface area contributed by atoms with Crippen molar-refractivity contribution in [1.29, 1.82) is 0 Å². The Bertz CT molecular complexity index is 400. The monoisotopic (exact) mass is 270 g/mol. The SMILES string of the molecule is CC(C)(C)C1=CC2(C(C)(C)C)OP(O)OC2C=C1. The van der Waals surface area contributed by atoms with E-state index in [0.29, 0.717) is 0 Å². The highest BCUT2D eigenvalue weighted by Gasteiger charge is 2.56. The average molecular weight is 270 g/mol. The molecule has 0 spiro atoms. The summed E-state index contributed by atoms with van der Waals surface area (Å²) in [7, 11) is -1.78. The minimum absolute atomic E-state index is 0.0594. The van der Waals surface area contributed by atoms with E-state index in [1.54, 1.807) is 0 Å². The Balaban J connectivity index is 2.49. The van der Waals surface area contributed by atoms with Gasteiger partial charge in [0.1, 0.15) is 11.7 Å². The summed E-state index contributed by atoms with van der Waals surface area (Å²) in [6, 6.07) is 0. The number of allylic oxidation sites excluding steroid dienone is 2. The molecule has 0 bridgehead atoms. The predicted octanol–water partition coefficient (Wildman–Crippen LogP) is 3.95. The summed E-state index contributed by atoms with van der Waals surface area (Å²) in [5.41, 5.74) is 0.579. The highest BCUT2D eigenvalue weighted by Crippen LogP contribution is 2.59. The second-order valence-electron chi connectivity index (χ2n) is 7.11. The Kier molecular flexibility index (Phi) is 3.27. The van der Waals surface area contributed by atoms with Crippen molar-refractivity contribution in [2.45, 2.75) is 53.2 Å². The summed E-state index contributed by atoms with van der Waals surface area (Å²) >= 11 is 0. The van der Waals surface area contributed by atoms with Gasteiger partial charge in [-0.2, -0.15) is 0 Å². The smallest absolute Gasteiger partial charge is 0.328 e. The van der Waals surface area contributed by atoms with Crippen molar-refractivity contribution in [1.82, 2.24) is 0 Å². The van der Waals surface area contributed by atoms with Crippen molar-refractivity contribution < 1.29 is 13.9 Å². The first-order valence-electron chi connectivity index (χ1n) is 6.33. The molecule has 3 unspecified atom stereocenters. The van der Waals surface area contributed by atoms with Crippen molar-refractivity contribution in [2.24, 2.45) is 10.8 Å². The maximum absolute atomic E-state index is 9.73. The Hall–Kier alpha value is -0.210. The van der Waals surface area contributed by atoms with Crippen molar-refractivity contribution in [3.05, 3.63) is 23.8 Å². The lowest BCUT2D eigenvalue weighted by Gasteiger charge is -2.43. The Labute approximate surface area is 111 Å². The van der Waals surface area contributed by atoms with E-state index in [0.717, 1.165) is 0 Å². The van der Waals surface area contributed by atoms with E-state index in [2.05, 4.69) is 53.7 Å². The molecule has 102 valence electrons. The second-order valence-corrected chi connectivity index (χ2v) is 7.98. The zero-order valence-electron chi connectivity index (χ0n) is 12.0. The quantitative estimate of drug-likeness (QED) is 0.677. The van der Waals surface area contributed by atoms with E-state index in [-0.39, 0.29) is 16.9 Å². The third-order valence-electron chi connectivity index (χ3n) is 3.71. The molecule has 1 N–H and O–H groups in total. The molecule has 1 saturated heterocycles. The van der Waals surface area contributed by atoms with E-state index >= 15 is 0 Å². The molecule has 0 saturated carbocycles. The van der Waals surface area contributed by atoms with Crippen LogP contribution in [0.1, 0.15) is 41.5 Å². The minimum atomic E-state index is -1.78. The van der Waals surface area contributed by atoms with Gasteiger partial charge in [0.05, 0.1) is 0 Å². The molecule has 1 fully saturated rings. The normalized spacial score (nSPS) is 36.5. The van der Waals surface area contributed by atoms with Gasteiger partial charge in [0, 0.05) is 0 Å². The topological polar surface area (TPSA) is 38.7 Å². The summed E-state index contributed by atoms with van der Waals surface area (Å²) in [5, 5.41) is 0. The lowest BCUT2D eigenvalue weighted by atomic mass is 9.68. The van der Waals surface area contributed by atoms with Crippen LogP contribution in [0.25, 0.3) is 0 Å². The lowest BCUT2D eigenvalue weighted by molar-refractivity contribution is 0.000904. The average Bonchev–Trinajstić information content (AvgIpc) is 2.51. The standard InChI is InChI=1S/C14H23O3P/c1-12(2,3)10-7-8-11-14(9-10,13(4,5)6)17-18(15)16-11/h7-9,11,15H,1-6H3. The van der Waals surface area contributed by atoms with Crippen LogP contribution in [0.5, 0.6) is 0 Å². The molecular weight excluding hydrogens is 247 g/mol. The third kappa shape index (κ3) is 2.18. The molecule has 0 aromatic carbocycles. The number of hydrogen-bond donors (Lipinski definition) is 1. The van der Waals surface area contributed by atoms with Gasteiger partial charge >= 0.3 is 8.60 Å². The largest absolute Gasteiger partial charge is 0.331 e. The van der Waals surface area contributed by atoms with Crippen LogP contribution in [0.2, 0.25) is 0 Å². The molecule has 1 aliphatic carbocycles. The second kappa shape index (κ2) is 4.14. The molecule has 1 aliphatic heterocycles. The van der Waals surface area contributed by atoms with Crippen LogP contribution in [0.4, 0.5) is 0 Å². The van der Waals surface area contributed by atoms with Crippen molar-refractivity contribution >= 4 is 8.60 Å². The zero-order chi connectivity index (χ0) is 13.8. The summed E-state index contributed by atoms with van der Waals surface area (Å²) in [6.07, 6.45) is 6.06. The van der Waals surface area contributed by atoms with Crippen molar-refractivity contribution in [3.63, 3.8) is 0 Å². The molecule has 1 heterocycles. The molecular formula is C14H23O3P.